The Morgan fingerprint density at radius 2 is 1.67 bits per heavy atom. The van der Waals surface area contributed by atoms with E-state index in [-0.39, 0.29) is 11.0 Å². The molecule has 33 heavy (non-hydrogen) atoms. The summed E-state index contributed by atoms with van der Waals surface area (Å²) in [4.78, 5) is 2.55. The maximum absolute atomic E-state index is 12.9. The van der Waals surface area contributed by atoms with Gasteiger partial charge in [-0.05, 0) is 86.3 Å². The molecule has 174 valence electrons. The van der Waals surface area contributed by atoms with Crippen molar-refractivity contribution in [3.05, 3.63) is 90.0 Å². The second kappa shape index (κ2) is 10.9. The van der Waals surface area contributed by atoms with Gasteiger partial charge in [-0.3, -0.25) is 0 Å². The molecule has 0 spiro atoms. The van der Waals surface area contributed by atoms with Gasteiger partial charge in [0.25, 0.3) is 0 Å². The number of rotatable bonds is 10. The van der Waals surface area contributed by atoms with Crippen LogP contribution >= 0.6 is 0 Å². The summed E-state index contributed by atoms with van der Waals surface area (Å²) in [5.74, 6) is 0.966. The minimum atomic E-state index is -3.36. The van der Waals surface area contributed by atoms with E-state index in [1.165, 1.54) is 29.8 Å². The first-order valence-corrected chi connectivity index (χ1v) is 13.1. The van der Waals surface area contributed by atoms with Crippen LogP contribution in [-0.4, -0.2) is 43.3 Å². The number of phenolic OH excluding ortho intramolecular Hbond substituents is 1. The number of nitrogens with zero attached hydrogens (tertiary/aromatic N) is 1. The summed E-state index contributed by atoms with van der Waals surface area (Å²) < 4.78 is 31.7. The van der Waals surface area contributed by atoms with E-state index in [4.69, 9.17) is 4.74 Å². The molecule has 0 aromatic heterocycles. The normalized spacial score (nSPS) is 16.7. The molecule has 6 heteroatoms. The third-order valence-corrected chi connectivity index (χ3v) is 8.36. The van der Waals surface area contributed by atoms with Gasteiger partial charge in [0.2, 0.25) is 0 Å². The lowest BCUT2D eigenvalue weighted by Gasteiger charge is -2.16. The summed E-state index contributed by atoms with van der Waals surface area (Å²) in [6, 6.07) is 24.3. The third-order valence-electron chi connectivity index (χ3n) is 6.17. The average molecular weight is 466 g/mol. The molecule has 0 radical (unpaired) electrons. The predicted molar refractivity (Wildman–Crippen MR) is 130 cm³/mol. The van der Waals surface area contributed by atoms with Gasteiger partial charge in [0.1, 0.15) is 18.1 Å². The summed E-state index contributed by atoms with van der Waals surface area (Å²) in [5, 5.41) is 9.04. The number of hydrogen-bond donors (Lipinski definition) is 1. The van der Waals surface area contributed by atoms with E-state index in [1.807, 2.05) is 30.3 Å². The van der Waals surface area contributed by atoms with E-state index < -0.39 is 9.84 Å². The van der Waals surface area contributed by atoms with Crippen LogP contribution in [0.4, 0.5) is 0 Å². The predicted octanol–water partition coefficient (Wildman–Crippen LogP) is 4.84. The molecule has 1 fully saturated rings. The van der Waals surface area contributed by atoms with Crippen LogP contribution in [-0.2, 0) is 22.9 Å². The van der Waals surface area contributed by atoms with Crippen LogP contribution in [0, 0.1) is 0 Å². The Labute approximate surface area is 196 Å². The maximum atomic E-state index is 12.9. The zero-order chi connectivity index (χ0) is 23.1. The molecule has 1 atom stereocenters. The lowest BCUT2D eigenvalue weighted by atomic mass is 10.1. The molecule has 0 saturated carbocycles. The molecule has 0 amide bonds. The van der Waals surface area contributed by atoms with Gasteiger partial charge >= 0.3 is 0 Å². The summed E-state index contributed by atoms with van der Waals surface area (Å²) in [7, 11) is -3.36. The van der Waals surface area contributed by atoms with E-state index in [2.05, 4.69) is 29.2 Å². The summed E-state index contributed by atoms with van der Waals surface area (Å²) in [6.45, 7) is 2.86. The Balaban J connectivity index is 1.20. The summed E-state index contributed by atoms with van der Waals surface area (Å²) in [6.07, 6.45) is 3.71. The number of phenols is 1. The van der Waals surface area contributed by atoms with Crippen molar-refractivity contribution in [2.24, 2.45) is 0 Å². The van der Waals surface area contributed by atoms with Crippen molar-refractivity contribution < 1.29 is 18.3 Å². The first-order valence-electron chi connectivity index (χ1n) is 11.5. The second-order valence-corrected chi connectivity index (χ2v) is 10.9. The van der Waals surface area contributed by atoms with Gasteiger partial charge in [-0.1, -0.05) is 42.5 Å². The molecule has 1 aliphatic heterocycles. The number of ether oxygens (including phenoxy) is 1. The Hall–Kier alpha value is -2.83. The Bertz CT molecular complexity index is 1130. The molecule has 0 aliphatic carbocycles. The molecule has 3 aromatic carbocycles. The molecule has 1 N–H and O–H groups in total. The molecule has 4 rings (SSSR count). The van der Waals surface area contributed by atoms with Crippen molar-refractivity contribution in [3.8, 4) is 11.5 Å². The van der Waals surface area contributed by atoms with Crippen LogP contribution < -0.4 is 4.74 Å². The van der Waals surface area contributed by atoms with Crippen molar-refractivity contribution in [2.45, 2.75) is 42.4 Å². The largest absolute Gasteiger partial charge is 0.508 e. The zero-order valence-electron chi connectivity index (χ0n) is 18.8. The fourth-order valence-corrected chi connectivity index (χ4v) is 6.00. The number of unbranched alkanes of at least 4 members (excludes halogenated alkanes) is 1. The molecule has 5 nitrogen and oxygen atoms in total. The van der Waals surface area contributed by atoms with Crippen molar-refractivity contribution in [3.63, 3.8) is 0 Å². The molecule has 1 unspecified atom stereocenters. The highest BCUT2D eigenvalue weighted by molar-refractivity contribution is 7.92. The van der Waals surface area contributed by atoms with Gasteiger partial charge in [0.15, 0.2) is 9.84 Å². The maximum Gasteiger partial charge on any atom is 0.182 e. The van der Waals surface area contributed by atoms with E-state index in [9.17, 15) is 13.5 Å². The summed E-state index contributed by atoms with van der Waals surface area (Å²) in [5.41, 5.74) is 2.41. The summed E-state index contributed by atoms with van der Waals surface area (Å²) >= 11 is 0. The zero-order valence-corrected chi connectivity index (χ0v) is 19.6. The Kier molecular flexibility index (Phi) is 7.68. The van der Waals surface area contributed by atoms with Crippen LogP contribution in [0.2, 0.25) is 0 Å². The fourth-order valence-electron chi connectivity index (χ4n) is 4.28. The topological polar surface area (TPSA) is 66.8 Å². The number of aryl methyl sites for hydroxylation is 1. The number of benzene rings is 3. The van der Waals surface area contributed by atoms with E-state index in [1.54, 1.807) is 0 Å². The van der Waals surface area contributed by atoms with Gasteiger partial charge in [-0.25, -0.2) is 8.42 Å². The van der Waals surface area contributed by atoms with Crippen molar-refractivity contribution in [1.82, 2.24) is 4.90 Å². The van der Waals surface area contributed by atoms with Gasteiger partial charge in [0, 0.05) is 6.54 Å². The highest BCUT2D eigenvalue weighted by Gasteiger charge is 2.33. The number of sulfone groups is 1. The average Bonchev–Trinajstić information content (AvgIpc) is 3.32. The first kappa shape index (κ1) is 23.3. The van der Waals surface area contributed by atoms with E-state index in [0.29, 0.717) is 24.5 Å². The lowest BCUT2D eigenvalue weighted by molar-refractivity contribution is 0.306. The van der Waals surface area contributed by atoms with Crippen LogP contribution in [0.5, 0.6) is 11.5 Å². The molecular formula is C27H31NO4S. The SMILES string of the molecule is O=S(=O)(c1ccc(O)cc1)C1CCN(CCCCc2cccc(OCc3ccccc3)c2)C1. The Morgan fingerprint density at radius 3 is 2.45 bits per heavy atom. The number of likely N-dealkylation sites (tertiary alicyclic amines) is 1. The molecule has 3 aromatic rings. The second-order valence-electron chi connectivity index (χ2n) is 8.63. The standard InChI is InChI=1S/C27H31NO4S/c29-24-12-14-26(15-13-24)33(30,31)27-16-18-28(20-27)17-5-4-7-22-10-6-11-25(19-22)32-21-23-8-2-1-3-9-23/h1-3,6,8-15,19,27,29H,4-5,7,16-18,20-21H2. The minimum Gasteiger partial charge on any atom is -0.508 e. The van der Waals surface area contributed by atoms with E-state index >= 15 is 0 Å². The number of aromatic hydroxyl groups is 1. The van der Waals surface area contributed by atoms with Gasteiger partial charge in [-0.2, -0.15) is 0 Å². The van der Waals surface area contributed by atoms with Crippen LogP contribution in [0.25, 0.3) is 0 Å². The van der Waals surface area contributed by atoms with Gasteiger partial charge in [0.05, 0.1) is 10.1 Å². The van der Waals surface area contributed by atoms with Crippen molar-refractivity contribution in [1.29, 1.82) is 0 Å². The fraction of sp³-hybridized carbons (Fsp3) is 0.333. The molecule has 1 heterocycles. The molecule has 1 saturated heterocycles. The third kappa shape index (κ3) is 6.36. The highest BCUT2D eigenvalue weighted by Crippen LogP contribution is 2.25. The van der Waals surface area contributed by atoms with Crippen LogP contribution in [0.1, 0.15) is 30.4 Å². The van der Waals surface area contributed by atoms with Crippen molar-refractivity contribution >= 4 is 9.84 Å². The van der Waals surface area contributed by atoms with Gasteiger partial charge in [-0.15, -0.1) is 0 Å². The lowest BCUT2D eigenvalue weighted by Crippen LogP contribution is -2.27. The van der Waals surface area contributed by atoms with E-state index in [0.717, 1.165) is 43.7 Å². The molecular weight excluding hydrogens is 434 g/mol. The number of hydrogen-bond acceptors (Lipinski definition) is 5. The highest BCUT2D eigenvalue weighted by atomic mass is 32.2. The molecule has 0 bridgehead atoms. The smallest absolute Gasteiger partial charge is 0.182 e. The minimum absolute atomic E-state index is 0.0790. The first-order chi connectivity index (χ1) is 16.0. The van der Waals surface area contributed by atoms with Gasteiger partial charge < -0.3 is 14.7 Å². The quantitative estimate of drug-likeness (QED) is 0.434. The van der Waals surface area contributed by atoms with Crippen LogP contribution in [0.3, 0.4) is 0 Å². The molecule has 1 aliphatic rings. The monoisotopic (exact) mass is 465 g/mol. The van der Waals surface area contributed by atoms with Crippen LogP contribution in [0.15, 0.2) is 83.8 Å². The van der Waals surface area contributed by atoms with Crippen molar-refractivity contribution in [2.75, 3.05) is 19.6 Å². The Morgan fingerprint density at radius 1 is 0.909 bits per heavy atom.